The summed E-state index contributed by atoms with van der Waals surface area (Å²) in [5.74, 6) is -0.293. The van der Waals surface area contributed by atoms with E-state index >= 15 is 0 Å². The second kappa shape index (κ2) is 6.05. The van der Waals surface area contributed by atoms with Crippen LogP contribution in [-0.4, -0.2) is 0 Å². The van der Waals surface area contributed by atoms with E-state index in [1.807, 2.05) is 24.3 Å². The van der Waals surface area contributed by atoms with Crippen molar-refractivity contribution >= 4 is 39.1 Å². The third-order valence-corrected chi connectivity index (χ3v) is 4.00. The van der Waals surface area contributed by atoms with Gasteiger partial charge in [-0.3, -0.25) is 0 Å². The van der Waals surface area contributed by atoms with Crippen molar-refractivity contribution in [3.63, 3.8) is 0 Å². The van der Waals surface area contributed by atoms with E-state index in [9.17, 15) is 4.39 Å². The Morgan fingerprint density at radius 1 is 1.06 bits per heavy atom. The van der Waals surface area contributed by atoms with Gasteiger partial charge in [0.2, 0.25) is 0 Å². The van der Waals surface area contributed by atoms with E-state index in [2.05, 4.69) is 15.9 Å². The largest absolute Gasteiger partial charge is 0.207 e. The predicted octanol–water partition coefficient (Wildman–Crippen LogP) is 5.81. The molecule has 0 aromatic heterocycles. The molecule has 0 nitrogen and oxygen atoms in total. The molecule has 0 radical (unpaired) electrons. The lowest BCUT2D eigenvalue weighted by Crippen LogP contribution is -1.99. The molecule has 0 bridgehead atoms. The molecule has 1 atom stereocenters. The van der Waals surface area contributed by atoms with Crippen LogP contribution < -0.4 is 0 Å². The minimum atomic E-state index is -0.293. The Balaban J connectivity index is 2.22. The fourth-order valence-corrected chi connectivity index (χ4v) is 3.13. The van der Waals surface area contributed by atoms with Crippen LogP contribution in [0.2, 0.25) is 10.0 Å². The lowest BCUT2D eigenvalue weighted by atomic mass is 10.0. The second-order valence-electron chi connectivity index (χ2n) is 3.93. The fourth-order valence-electron chi connectivity index (χ4n) is 1.74. The van der Waals surface area contributed by atoms with Gasteiger partial charge in [-0.2, -0.15) is 0 Å². The maximum Gasteiger partial charge on any atom is 0.129 e. The van der Waals surface area contributed by atoms with Crippen LogP contribution in [0.4, 0.5) is 4.39 Å². The summed E-state index contributed by atoms with van der Waals surface area (Å²) in [6.45, 7) is 0. The van der Waals surface area contributed by atoms with Gasteiger partial charge in [0.15, 0.2) is 0 Å². The molecule has 2 aromatic carbocycles. The SMILES string of the molecule is Fc1cccc(Cl)c1C(Br)Cc1ccc(Cl)cc1. The highest BCUT2D eigenvalue weighted by Crippen LogP contribution is 2.34. The number of hydrogen-bond donors (Lipinski definition) is 0. The highest BCUT2D eigenvalue weighted by molar-refractivity contribution is 9.09. The first-order valence-electron chi connectivity index (χ1n) is 5.40. The van der Waals surface area contributed by atoms with Crippen LogP contribution in [0.5, 0.6) is 0 Å². The van der Waals surface area contributed by atoms with Gasteiger partial charge < -0.3 is 0 Å². The van der Waals surface area contributed by atoms with Gasteiger partial charge in [-0.05, 0) is 36.2 Å². The molecule has 0 spiro atoms. The van der Waals surface area contributed by atoms with Crippen LogP contribution >= 0.6 is 39.1 Å². The third kappa shape index (κ3) is 3.25. The molecular formula is C14H10BrCl2F. The average molecular weight is 348 g/mol. The third-order valence-electron chi connectivity index (χ3n) is 2.64. The number of rotatable bonds is 3. The topological polar surface area (TPSA) is 0 Å². The van der Waals surface area contributed by atoms with E-state index in [-0.39, 0.29) is 10.6 Å². The first-order valence-corrected chi connectivity index (χ1v) is 7.07. The average Bonchev–Trinajstić information content (AvgIpc) is 2.32. The van der Waals surface area contributed by atoms with E-state index < -0.39 is 0 Å². The van der Waals surface area contributed by atoms with Gasteiger partial charge in [0.05, 0.1) is 0 Å². The Morgan fingerprint density at radius 2 is 1.72 bits per heavy atom. The van der Waals surface area contributed by atoms with Gasteiger partial charge >= 0.3 is 0 Å². The molecule has 0 aliphatic heterocycles. The molecule has 2 aromatic rings. The number of hydrogen-bond acceptors (Lipinski definition) is 0. The number of halogens is 4. The highest BCUT2D eigenvalue weighted by atomic mass is 79.9. The first-order chi connectivity index (χ1) is 8.58. The van der Waals surface area contributed by atoms with E-state index in [1.54, 1.807) is 12.1 Å². The smallest absolute Gasteiger partial charge is 0.129 e. The molecule has 94 valence electrons. The molecule has 1 unspecified atom stereocenters. The summed E-state index contributed by atoms with van der Waals surface area (Å²) in [5.41, 5.74) is 1.56. The van der Waals surface area contributed by atoms with Crippen molar-refractivity contribution in [3.8, 4) is 0 Å². The Kier molecular flexibility index (Phi) is 4.66. The molecule has 0 heterocycles. The quantitative estimate of drug-likeness (QED) is 0.614. The zero-order chi connectivity index (χ0) is 13.1. The van der Waals surface area contributed by atoms with Gasteiger partial charge in [0, 0.05) is 20.4 Å². The van der Waals surface area contributed by atoms with Crippen LogP contribution in [0.1, 0.15) is 16.0 Å². The maximum atomic E-state index is 13.7. The monoisotopic (exact) mass is 346 g/mol. The molecule has 4 heteroatoms. The molecular weight excluding hydrogens is 338 g/mol. The van der Waals surface area contributed by atoms with Crippen molar-refractivity contribution in [1.82, 2.24) is 0 Å². The van der Waals surface area contributed by atoms with E-state index in [1.165, 1.54) is 6.07 Å². The molecule has 0 aliphatic carbocycles. The molecule has 0 fully saturated rings. The summed E-state index contributed by atoms with van der Waals surface area (Å²) in [4.78, 5) is -0.160. The molecule has 0 N–H and O–H groups in total. The predicted molar refractivity (Wildman–Crippen MR) is 78.2 cm³/mol. The summed E-state index contributed by atoms with van der Waals surface area (Å²) in [5, 5.41) is 1.12. The number of benzene rings is 2. The van der Waals surface area contributed by atoms with E-state index in [0.29, 0.717) is 22.0 Å². The van der Waals surface area contributed by atoms with Gasteiger partial charge in [-0.15, -0.1) is 0 Å². The normalized spacial score (nSPS) is 12.4. The van der Waals surface area contributed by atoms with Crippen LogP contribution in [0, 0.1) is 5.82 Å². The molecule has 0 saturated heterocycles. The zero-order valence-electron chi connectivity index (χ0n) is 9.34. The summed E-state index contributed by atoms with van der Waals surface area (Å²) in [6.07, 6.45) is 0.651. The Labute approximate surface area is 124 Å². The summed E-state index contributed by atoms with van der Waals surface area (Å²) in [7, 11) is 0. The van der Waals surface area contributed by atoms with Gasteiger partial charge in [-0.25, -0.2) is 4.39 Å². The van der Waals surface area contributed by atoms with Gasteiger partial charge in [-0.1, -0.05) is 57.3 Å². The lowest BCUT2D eigenvalue weighted by molar-refractivity contribution is 0.608. The van der Waals surface area contributed by atoms with Crippen LogP contribution in [-0.2, 0) is 6.42 Å². The summed E-state index contributed by atoms with van der Waals surface area (Å²) in [6, 6.07) is 12.2. The standard InChI is InChI=1S/C14H10BrCl2F/c15-11(8-9-4-6-10(16)7-5-9)14-12(17)2-1-3-13(14)18/h1-7,11H,8H2. The van der Waals surface area contributed by atoms with Crippen LogP contribution in [0.15, 0.2) is 42.5 Å². The van der Waals surface area contributed by atoms with Crippen molar-refractivity contribution in [3.05, 3.63) is 69.5 Å². The van der Waals surface area contributed by atoms with Gasteiger partial charge in [0.25, 0.3) is 0 Å². The fraction of sp³-hybridized carbons (Fsp3) is 0.143. The summed E-state index contributed by atoms with van der Waals surface area (Å²) >= 11 is 15.3. The highest BCUT2D eigenvalue weighted by Gasteiger charge is 2.16. The van der Waals surface area contributed by atoms with Crippen molar-refractivity contribution < 1.29 is 4.39 Å². The minimum absolute atomic E-state index is 0.160. The zero-order valence-corrected chi connectivity index (χ0v) is 12.4. The molecule has 18 heavy (non-hydrogen) atoms. The van der Waals surface area contributed by atoms with Crippen LogP contribution in [0.3, 0.4) is 0 Å². The Bertz CT molecular complexity index is 520. The van der Waals surface area contributed by atoms with Gasteiger partial charge in [0.1, 0.15) is 5.82 Å². The molecule has 2 rings (SSSR count). The summed E-state index contributed by atoms with van der Waals surface area (Å²) < 4.78 is 13.7. The Morgan fingerprint density at radius 3 is 2.33 bits per heavy atom. The van der Waals surface area contributed by atoms with Crippen LogP contribution in [0.25, 0.3) is 0 Å². The van der Waals surface area contributed by atoms with Crippen molar-refractivity contribution in [2.24, 2.45) is 0 Å². The molecule has 0 amide bonds. The maximum absolute atomic E-state index is 13.7. The lowest BCUT2D eigenvalue weighted by Gasteiger charge is -2.13. The van der Waals surface area contributed by atoms with Crippen molar-refractivity contribution in [2.45, 2.75) is 11.2 Å². The van der Waals surface area contributed by atoms with E-state index in [0.717, 1.165) is 5.56 Å². The molecule has 0 aliphatic rings. The second-order valence-corrected chi connectivity index (χ2v) is 5.88. The van der Waals surface area contributed by atoms with Crippen molar-refractivity contribution in [1.29, 1.82) is 0 Å². The van der Waals surface area contributed by atoms with Crippen molar-refractivity contribution in [2.75, 3.05) is 0 Å². The Hall–Kier alpha value is -0.570. The molecule has 0 saturated carbocycles. The van der Waals surface area contributed by atoms with E-state index in [4.69, 9.17) is 23.2 Å². The minimum Gasteiger partial charge on any atom is -0.207 e. The number of alkyl halides is 1. The first kappa shape index (κ1) is 13.9.